The number of aromatic hydroxyl groups is 9. The standard InChI is InChI=1S/3C21H20O3/c1-12-13(2)20(23)18(14(3)19(12)22)17-11-7-10-16(21(17)24)15-8-5-4-6-9-15;1-12-13(2)21(24)19(14(3)20(12)23)16-9-10-18(22)17(11-16)15-7-5-4-6-8-15;1-12-13(2)21(24)19(14(3)20(12)23)17-11-16(9-10-18(17)22)15-7-5-4-6-8-15/h3*4-11,22-24H,1-3H3. The molecule has 0 radical (unpaired) electrons. The zero-order chi connectivity index (χ0) is 52.3. The van der Waals surface area contributed by atoms with Gasteiger partial charge in [-0.25, -0.2) is 0 Å². The molecule has 9 heteroatoms. The summed E-state index contributed by atoms with van der Waals surface area (Å²) in [4.78, 5) is 0. The monoisotopic (exact) mass is 960 g/mol. The third-order valence-electron chi connectivity index (χ3n) is 13.9. The Morgan fingerprint density at radius 2 is 0.542 bits per heavy atom. The van der Waals surface area contributed by atoms with Crippen LogP contribution in [0.1, 0.15) is 50.1 Å². The maximum Gasteiger partial charge on any atom is 0.131 e. The molecule has 9 N–H and O–H groups in total. The number of hydrogen-bond acceptors (Lipinski definition) is 9. The molecule has 0 aliphatic carbocycles. The Morgan fingerprint density at radius 3 is 1.01 bits per heavy atom. The Kier molecular flexibility index (Phi) is 14.9. The van der Waals surface area contributed by atoms with E-state index in [0.29, 0.717) is 89.0 Å². The van der Waals surface area contributed by atoms with Crippen LogP contribution in [-0.4, -0.2) is 46.0 Å². The highest BCUT2D eigenvalue weighted by molar-refractivity contribution is 5.89. The number of hydrogen-bond donors (Lipinski definition) is 9. The van der Waals surface area contributed by atoms with Gasteiger partial charge >= 0.3 is 0 Å². The minimum atomic E-state index is 0.0655. The smallest absolute Gasteiger partial charge is 0.131 e. The Balaban J connectivity index is 0.000000158. The minimum absolute atomic E-state index is 0.0655. The number of rotatable bonds is 6. The summed E-state index contributed by atoms with van der Waals surface area (Å²) in [6.45, 7) is 15.9. The van der Waals surface area contributed by atoms with Gasteiger partial charge in [0.1, 0.15) is 51.7 Å². The van der Waals surface area contributed by atoms with Gasteiger partial charge in [0.05, 0.1) is 0 Å². The van der Waals surface area contributed by atoms with E-state index in [4.69, 9.17) is 0 Å². The van der Waals surface area contributed by atoms with E-state index in [1.165, 1.54) is 0 Å². The van der Waals surface area contributed by atoms with E-state index in [-0.39, 0.29) is 51.7 Å². The van der Waals surface area contributed by atoms with Crippen LogP contribution < -0.4 is 0 Å². The van der Waals surface area contributed by atoms with Crippen LogP contribution in [0, 0.1) is 62.3 Å². The van der Waals surface area contributed by atoms with Crippen molar-refractivity contribution in [2.24, 2.45) is 0 Å². The van der Waals surface area contributed by atoms with Crippen LogP contribution in [-0.2, 0) is 0 Å². The van der Waals surface area contributed by atoms with Crippen molar-refractivity contribution in [1.82, 2.24) is 0 Å². The fraction of sp³-hybridized carbons (Fsp3) is 0.143. The normalized spacial score (nSPS) is 10.8. The zero-order valence-electron chi connectivity index (χ0n) is 41.9. The van der Waals surface area contributed by atoms with Crippen LogP contribution >= 0.6 is 0 Å². The van der Waals surface area contributed by atoms with Crippen LogP contribution in [0.2, 0.25) is 0 Å². The molecule has 0 saturated carbocycles. The molecule has 0 unspecified atom stereocenters. The van der Waals surface area contributed by atoms with Crippen molar-refractivity contribution in [3.05, 3.63) is 196 Å². The molecule has 366 valence electrons. The molecule has 0 aliphatic rings. The number of phenols is 9. The van der Waals surface area contributed by atoms with Gasteiger partial charge in [-0.1, -0.05) is 121 Å². The van der Waals surface area contributed by atoms with Crippen molar-refractivity contribution < 1.29 is 46.0 Å². The predicted molar refractivity (Wildman–Crippen MR) is 290 cm³/mol. The second-order valence-corrected chi connectivity index (χ2v) is 18.1. The maximum absolute atomic E-state index is 10.8. The van der Waals surface area contributed by atoms with E-state index >= 15 is 0 Å². The molecule has 0 aromatic heterocycles. The predicted octanol–water partition coefficient (Wildman–Crippen LogP) is 15.2. The molecular weight excluding hydrogens is 901 g/mol. The molecule has 9 rings (SSSR count). The highest BCUT2D eigenvalue weighted by Gasteiger charge is 2.23. The number of para-hydroxylation sites is 1. The van der Waals surface area contributed by atoms with Crippen molar-refractivity contribution in [2.75, 3.05) is 0 Å². The van der Waals surface area contributed by atoms with E-state index in [1.54, 1.807) is 86.6 Å². The molecule has 0 amide bonds. The van der Waals surface area contributed by atoms with Crippen molar-refractivity contribution in [2.45, 2.75) is 62.3 Å². The summed E-state index contributed by atoms with van der Waals surface area (Å²) < 4.78 is 0. The van der Waals surface area contributed by atoms with Crippen LogP contribution in [0.3, 0.4) is 0 Å². The van der Waals surface area contributed by atoms with Crippen molar-refractivity contribution in [3.8, 4) is 119 Å². The van der Waals surface area contributed by atoms with Crippen LogP contribution in [0.15, 0.2) is 146 Å². The average Bonchev–Trinajstić information content (AvgIpc) is 3.40. The van der Waals surface area contributed by atoms with Crippen molar-refractivity contribution in [1.29, 1.82) is 0 Å². The molecule has 0 atom stereocenters. The molecule has 9 nitrogen and oxygen atoms in total. The van der Waals surface area contributed by atoms with E-state index in [9.17, 15) is 46.0 Å². The second kappa shape index (κ2) is 21.0. The molecule has 0 aliphatic heterocycles. The van der Waals surface area contributed by atoms with E-state index in [2.05, 4.69) is 0 Å². The maximum atomic E-state index is 10.8. The highest BCUT2D eigenvalue weighted by Crippen LogP contribution is 2.49. The molecule has 0 spiro atoms. The third-order valence-corrected chi connectivity index (χ3v) is 13.9. The second-order valence-electron chi connectivity index (χ2n) is 18.1. The lowest BCUT2D eigenvalue weighted by Crippen LogP contribution is -1.94. The molecule has 9 aromatic rings. The van der Waals surface area contributed by atoms with Gasteiger partial charge in [-0.15, -0.1) is 0 Å². The first kappa shape index (κ1) is 51.0. The van der Waals surface area contributed by atoms with Gasteiger partial charge in [-0.2, -0.15) is 0 Å². The summed E-state index contributed by atoms with van der Waals surface area (Å²) in [5.74, 6) is 1.14. The molecule has 0 heterocycles. The first-order valence-corrected chi connectivity index (χ1v) is 23.5. The van der Waals surface area contributed by atoms with Crippen molar-refractivity contribution in [3.63, 3.8) is 0 Å². The van der Waals surface area contributed by atoms with Crippen LogP contribution in [0.4, 0.5) is 0 Å². The Labute approximate surface area is 420 Å². The molecular formula is C63H60O9. The third kappa shape index (κ3) is 9.69. The molecule has 0 fully saturated rings. The molecule has 0 saturated heterocycles. The molecule has 9 aromatic carbocycles. The number of phenolic OH excluding ortho intramolecular Hbond substituents is 9. The Bertz CT molecular complexity index is 3280. The summed E-state index contributed by atoms with van der Waals surface area (Å²) in [7, 11) is 0. The average molecular weight is 961 g/mol. The Morgan fingerprint density at radius 1 is 0.208 bits per heavy atom. The van der Waals surface area contributed by atoms with Crippen molar-refractivity contribution >= 4 is 0 Å². The first-order valence-electron chi connectivity index (χ1n) is 23.5. The SMILES string of the molecule is Cc1c(C)c(O)c(-c2cc(-c3ccccc3)ccc2O)c(C)c1O.Cc1c(C)c(O)c(-c2ccc(O)c(-c3ccccc3)c2)c(C)c1O.Cc1c(C)c(O)c(-c2cccc(-c3ccccc3)c2O)c(C)c1O. The van der Waals surface area contributed by atoms with E-state index < -0.39 is 0 Å². The lowest BCUT2D eigenvalue weighted by atomic mass is 9.90. The lowest BCUT2D eigenvalue weighted by Gasteiger charge is -2.18. The van der Waals surface area contributed by atoms with Crippen LogP contribution in [0.25, 0.3) is 66.8 Å². The van der Waals surface area contributed by atoms with Gasteiger partial charge in [0.25, 0.3) is 0 Å². The molecule has 72 heavy (non-hydrogen) atoms. The quantitative estimate of drug-likeness (QED) is 0.0733. The fourth-order valence-electron chi connectivity index (χ4n) is 9.06. The summed E-state index contributed by atoms with van der Waals surface area (Å²) in [5, 5.41) is 94.2. The fourth-order valence-corrected chi connectivity index (χ4v) is 9.06. The van der Waals surface area contributed by atoms with Gasteiger partial charge in [0, 0.05) is 55.6 Å². The largest absolute Gasteiger partial charge is 0.507 e. The summed E-state index contributed by atoms with van der Waals surface area (Å²) in [6.07, 6.45) is 0. The van der Waals surface area contributed by atoms with E-state index in [1.807, 2.05) is 121 Å². The zero-order valence-corrected chi connectivity index (χ0v) is 41.9. The minimum Gasteiger partial charge on any atom is -0.507 e. The van der Waals surface area contributed by atoms with Gasteiger partial charge in [-0.05, 0) is 148 Å². The number of benzene rings is 9. The summed E-state index contributed by atoms with van der Waals surface area (Å²) in [5.41, 5.74) is 13.9. The van der Waals surface area contributed by atoms with Gasteiger partial charge in [0.2, 0.25) is 0 Å². The lowest BCUT2D eigenvalue weighted by molar-refractivity contribution is 0.449. The topological polar surface area (TPSA) is 182 Å². The highest BCUT2D eigenvalue weighted by atomic mass is 16.3. The first-order chi connectivity index (χ1) is 34.3. The summed E-state index contributed by atoms with van der Waals surface area (Å²) >= 11 is 0. The van der Waals surface area contributed by atoms with Gasteiger partial charge < -0.3 is 46.0 Å². The molecule has 0 bridgehead atoms. The van der Waals surface area contributed by atoms with E-state index in [0.717, 1.165) is 27.8 Å². The summed E-state index contributed by atoms with van der Waals surface area (Å²) in [6, 6.07) is 44.9. The Hall–Kier alpha value is -8.82. The van der Waals surface area contributed by atoms with Crippen LogP contribution in [0.5, 0.6) is 51.7 Å². The van der Waals surface area contributed by atoms with Gasteiger partial charge in [-0.3, -0.25) is 0 Å². The van der Waals surface area contributed by atoms with Gasteiger partial charge in [0.15, 0.2) is 0 Å².